The smallest absolute Gasteiger partial charge is 0.186 e. The number of aryl methyl sites for hydroxylation is 1. The van der Waals surface area contributed by atoms with Crippen LogP contribution < -0.4 is 10.2 Å². The summed E-state index contributed by atoms with van der Waals surface area (Å²) < 4.78 is 0. The number of nitrogens with one attached hydrogen (secondary N) is 1. The molecule has 0 atom stereocenters. The first-order chi connectivity index (χ1) is 9.78. The Labute approximate surface area is 128 Å². The quantitative estimate of drug-likeness (QED) is 0.856. The van der Waals surface area contributed by atoms with Gasteiger partial charge in [-0.15, -0.1) is 22.7 Å². The fourth-order valence-corrected chi connectivity index (χ4v) is 4.45. The third-order valence-corrected chi connectivity index (χ3v) is 5.91. The Morgan fingerprint density at radius 2 is 2.35 bits per heavy atom. The molecule has 5 heteroatoms. The molecule has 3 heterocycles. The first-order valence-electron chi connectivity index (χ1n) is 7.25. The third kappa shape index (κ3) is 2.90. The number of hydrogen-bond donors (Lipinski definition) is 1. The number of thiophene rings is 1. The molecule has 2 aromatic rings. The maximum atomic E-state index is 4.78. The highest BCUT2D eigenvalue weighted by Crippen LogP contribution is 2.31. The molecule has 0 fully saturated rings. The normalized spacial score (nSPS) is 14.6. The summed E-state index contributed by atoms with van der Waals surface area (Å²) in [7, 11) is 0. The minimum Gasteiger partial charge on any atom is -0.343 e. The van der Waals surface area contributed by atoms with Gasteiger partial charge in [-0.1, -0.05) is 6.92 Å². The Balaban J connectivity index is 1.70. The lowest BCUT2D eigenvalue weighted by Crippen LogP contribution is -2.29. The largest absolute Gasteiger partial charge is 0.343 e. The van der Waals surface area contributed by atoms with Crippen molar-refractivity contribution in [2.45, 2.75) is 39.8 Å². The van der Waals surface area contributed by atoms with E-state index >= 15 is 0 Å². The maximum absolute atomic E-state index is 4.78. The number of rotatable bonds is 5. The topological polar surface area (TPSA) is 28.2 Å². The zero-order chi connectivity index (χ0) is 13.9. The molecule has 0 aromatic carbocycles. The SMILES string of the molecule is CCCNCc1sc(N2CCc3sccc3C2)nc1C. The van der Waals surface area contributed by atoms with Crippen molar-refractivity contribution in [3.63, 3.8) is 0 Å². The van der Waals surface area contributed by atoms with Crippen LogP contribution in [0.4, 0.5) is 5.13 Å². The lowest BCUT2D eigenvalue weighted by molar-refractivity contribution is 0.678. The van der Waals surface area contributed by atoms with Gasteiger partial charge in [-0.2, -0.15) is 0 Å². The second kappa shape index (κ2) is 6.24. The number of anilines is 1. The van der Waals surface area contributed by atoms with Crippen molar-refractivity contribution in [2.75, 3.05) is 18.0 Å². The van der Waals surface area contributed by atoms with Gasteiger partial charge in [0, 0.05) is 29.4 Å². The highest BCUT2D eigenvalue weighted by Gasteiger charge is 2.20. The lowest BCUT2D eigenvalue weighted by atomic mass is 10.1. The molecule has 0 bridgehead atoms. The molecule has 0 aliphatic carbocycles. The number of fused-ring (bicyclic) bond motifs is 1. The molecule has 1 N–H and O–H groups in total. The minimum absolute atomic E-state index is 0.953. The summed E-state index contributed by atoms with van der Waals surface area (Å²) >= 11 is 3.74. The molecule has 1 aliphatic heterocycles. The molecular weight excluding hydrogens is 286 g/mol. The van der Waals surface area contributed by atoms with Gasteiger partial charge < -0.3 is 10.2 Å². The van der Waals surface area contributed by atoms with Gasteiger partial charge in [0.1, 0.15) is 0 Å². The Kier molecular flexibility index (Phi) is 4.38. The van der Waals surface area contributed by atoms with Gasteiger partial charge in [-0.05, 0) is 43.3 Å². The summed E-state index contributed by atoms with van der Waals surface area (Å²) in [5.41, 5.74) is 2.67. The van der Waals surface area contributed by atoms with E-state index in [1.807, 2.05) is 22.7 Å². The van der Waals surface area contributed by atoms with Crippen LogP contribution in [0, 0.1) is 6.92 Å². The van der Waals surface area contributed by atoms with Gasteiger partial charge in [0.25, 0.3) is 0 Å². The Hall–Kier alpha value is -0.910. The fraction of sp³-hybridized carbons (Fsp3) is 0.533. The molecule has 2 aromatic heterocycles. The number of aromatic nitrogens is 1. The Morgan fingerprint density at radius 3 is 3.20 bits per heavy atom. The van der Waals surface area contributed by atoms with Crippen molar-refractivity contribution in [2.24, 2.45) is 0 Å². The average molecular weight is 307 g/mol. The highest BCUT2D eigenvalue weighted by molar-refractivity contribution is 7.15. The van der Waals surface area contributed by atoms with Gasteiger partial charge in [-0.25, -0.2) is 4.98 Å². The van der Waals surface area contributed by atoms with E-state index in [9.17, 15) is 0 Å². The molecular formula is C15H21N3S2. The summed E-state index contributed by atoms with van der Waals surface area (Å²) in [6.07, 6.45) is 2.34. The van der Waals surface area contributed by atoms with Crippen LogP contribution in [0.15, 0.2) is 11.4 Å². The van der Waals surface area contributed by atoms with Crippen LogP contribution in [-0.4, -0.2) is 18.1 Å². The summed E-state index contributed by atoms with van der Waals surface area (Å²) in [6.45, 7) is 8.48. The van der Waals surface area contributed by atoms with E-state index in [4.69, 9.17) is 4.98 Å². The lowest BCUT2D eigenvalue weighted by Gasteiger charge is -2.26. The van der Waals surface area contributed by atoms with E-state index in [-0.39, 0.29) is 0 Å². The molecule has 3 rings (SSSR count). The van der Waals surface area contributed by atoms with Crippen LogP contribution in [0.2, 0.25) is 0 Å². The first-order valence-corrected chi connectivity index (χ1v) is 8.94. The molecule has 1 aliphatic rings. The fourth-order valence-electron chi connectivity index (χ4n) is 2.50. The van der Waals surface area contributed by atoms with Gasteiger partial charge in [0.15, 0.2) is 5.13 Å². The van der Waals surface area contributed by atoms with Crippen molar-refractivity contribution in [1.29, 1.82) is 0 Å². The predicted octanol–water partition coefficient (Wildman–Crippen LogP) is 3.58. The molecule has 0 saturated heterocycles. The zero-order valence-electron chi connectivity index (χ0n) is 12.1. The van der Waals surface area contributed by atoms with Crippen LogP contribution in [0.1, 0.15) is 34.4 Å². The van der Waals surface area contributed by atoms with E-state index in [1.54, 1.807) is 4.88 Å². The molecule has 0 amide bonds. The van der Waals surface area contributed by atoms with Crippen LogP contribution in [0.3, 0.4) is 0 Å². The number of nitrogens with zero attached hydrogens (tertiary/aromatic N) is 2. The summed E-state index contributed by atoms with van der Waals surface area (Å²) in [6, 6.07) is 2.26. The van der Waals surface area contributed by atoms with Gasteiger partial charge in [-0.3, -0.25) is 0 Å². The third-order valence-electron chi connectivity index (χ3n) is 3.67. The second-order valence-corrected chi connectivity index (χ2v) is 7.29. The molecule has 20 heavy (non-hydrogen) atoms. The molecule has 0 spiro atoms. The van der Waals surface area contributed by atoms with Crippen molar-refractivity contribution < 1.29 is 0 Å². The maximum Gasteiger partial charge on any atom is 0.186 e. The minimum atomic E-state index is 0.953. The summed E-state index contributed by atoms with van der Waals surface area (Å²) in [5, 5.41) is 6.87. The number of thiazole rings is 1. The van der Waals surface area contributed by atoms with Crippen LogP contribution in [-0.2, 0) is 19.5 Å². The van der Waals surface area contributed by atoms with E-state index < -0.39 is 0 Å². The number of hydrogen-bond acceptors (Lipinski definition) is 5. The summed E-state index contributed by atoms with van der Waals surface area (Å²) in [5.74, 6) is 0. The van der Waals surface area contributed by atoms with E-state index in [0.717, 1.165) is 32.6 Å². The van der Waals surface area contributed by atoms with Gasteiger partial charge in [0.2, 0.25) is 0 Å². The molecule has 0 saturated carbocycles. The first kappa shape index (κ1) is 14.0. The van der Waals surface area contributed by atoms with E-state index in [2.05, 4.69) is 35.5 Å². The average Bonchev–Trinajstić information content (AvgIpc) is 3.05. The van der Waals surface area contributed by atoms with E-state index in [0.29, 0.717) is 0 Å². The van der Waals surface area contributed by atoms with Gasteiger partial charge in [0.05, 0.1) is 5.69 Å². The van der Waals surface area contributed by atoms with E-state index in [1.165, 1.54) is 27.7 Å². The second-order valence-electron chi connectivity index (χ2n) is 5.22. The molecule has 0 unspecified atom stereocenters. The van der Waals surface area contributed by atoms with Crippen molar-refractivity contribution in [1.82, 2.24) is 10.3 Å². The van der Waals surface area contributed by atoms with Crippen molar-refractivity contribution >= 4 is 27.8 Å². The molecule has 3 nitrogen and oxygen atoms in total. The Bertz CT molecular complexity index is 573. The Morgan fingerprint density at radius 1 is 1.45 bits per heavy atom. The molecule has 108 valence electrons. The predicted molar refractivity (Wildman–Crippen MR) is 87.9 cm³/mol. The highest BCUT2D eigenvalue weighted by atomic mass is 32.1. The standard InChI is InChI=1S/C15H21N3S2/c1-3-6-16-9-14-11(2)17-15(20-14)18-7-4-13-12(10-18)5-8-19-13/h5,8,16H,3-4,6-7,9-10H2,1-2H3. The van der Waals surface area contributed by atoms with Gasteiger partial charge >= 0.3 is 0 Å². The monoisotopic (exact) mass is 307 g/mol. The van der Waals surface area contributed by atoms with Crippen LogP contribution in [0.25, 0.3) is 0 Å². The summed E-state index contributed by atoms with van der Waals surface area (Å²) in [4.78, 5) is 10.1. The zero-order valence-corrected chi connectivity index (χ0v) is 13.7. The van der Waals surface area contributed by atoms with Crippen molar-refractivity contribution in [3.05, 3.63) is 32.5 Å². The molecule has 0 radical (unpaired) electrons. The van der Waals surface area contributed by atoms with Crippen LogP contribution >= 0.6 is 22.7 Å². The van der Waals surface area contributed by atoms with Crippen LogP contribution in [0.5, 0.6) is 0 Å². The van der Waals surface area contributed by atoms with Crippen molar-refractivity contribution in [3.8, 4) is 0 Å².